The minimum atomic E-state index is -3.76. The Morgan fingerprint density at radius 3 is 2.30 bits per heavy atom. The number of hydrogen-bond donors (Lipinski definition) is 1. The Kier molecular flexibility index (Phi) is 5.53. The molecule has 4 nitrogen and oxygen atoms in total. The van der Waals surface area contributed by atoms with E-state index in [0.717, 1.165) is 16.7 Å². The van der Waals surface area contributed by atoms with Crippen molar-refractivity contribution in [1.29, 1.82) is 0 Å². The Balaban J connectivity index is 2.55. The van der Waals surface area contributed by atoms with Crippen LogP contribution in [-0.2, 0) is 9.09 Å². The fraction of sp³-hybridized carbons (Fsp3) is 0.278. The van der Waals surface area contributed by atoms with Crippen molar-refractivity contribution in [3.05, 3.63) is 64.7 Å². The first-order chi connectivity index (χ1) is 10.9. The van der Waals surface area contributed by atoms with Crippen LogP contribution in [0.1, 0.15) is 27.0 Å². The summed E-state index contributed by atoms with van der Waals surface area (Å²) in [4.78, 5) is 13.0. The van der Waals surface area contributed by atoms with Gasteiger partial charge in [0.2, 0.25) is 0 Å². The molecule has 0 heterocycles. The van der Waals surface area contributed by atoms with E-state index in [9.17, 15) is 9.36 Å². The molecule has 0 bridgehead atoms. The SMILES string of the molecule is Cc1ccc(C(=O)P(=O)(OCCO)c2ccccc2)c(C)c1C. The van der Waals surface area contributed by atoms with E-state index in [1.807, 2.05) is 26.8 Å². The van der Waals surface area contributed by atoms with Crippen LogP contribution in [0.3, 0.4) is 0 Å². The second-order valence-electron chi connectivity index (χ2n) is 5.43. The van der Waals surface area contributed by atoms with Crippen LogP contribution in [0.5, 0.6) is 0 Å². The maximum atomic E-state index is 13.3. The average molecular weight is 332 g/mol. The lowest BCUT2D eigenvalue weighted by Crippen LogP contribution is -2.18. The van der Waals surface area contributed by atoms with Gasteiger partial charge in [0.15, 0.2) is 0 Å². The molecule has 2 aromatic rings. The molecule has 0 radical (unpaired) electrons. The lowest BCUT2D eigenvalue weighted by Gasteiger charge is -2.19. The molecule has 1 atom stereocenters. The van der Waals surface area contributed by atoms with Crippen molar-refractivity contribution < 1.29 is 19.0 Å². The van der Waals surface area contributed by atoms with Gasteiger partial charge in [-0.3, -0.25) is 9.36 Å². The Hall–Kier alpha value is -1.74. The first kappa shape index (κ1) is 17.6. The molecule has 0 spiro atoms. The molecular weight excluding hydrogens is 311 g/mol. The van der Waals surface area contributed by atoms with E-state index in [1.54, 1.807) is 36.4 Å². The summed E-state index contributed by atoms with van der Waals surface area (Å²) in [6.07, 6.45) is 0. The molecule has 0 aliphatic rings. The predicted octanol–water partition coefficient (Wildman–Crippen LogP) is 3.36. The summed E-state index contributed by atoms with van der Waals surface area (Å²) in [5.74, 6) is 0. The molecule has 0 saturated carbocycles. The number of rotatable bonds is 6. The van der Waals surface area contributed by atoms with Gasteiger partial charge >= 0.3 is 7.37 Å². The molecule has 0 amide bonds. The highest BCUT2D eigenvalue weighted by Crippen LogP contribution is 2.49. The van der Waals surface area contributed by atoms with Gasteiger partial charge in [0.25, 0.3) is 5.52 Å². The minimum Gasteiger partial charge on any atom is -0.394 e. The van der Waals surface area contributed by atoms with Gasteiger partial charge in [-0.1, -0.05) is 30.3 Å². The second-order valence-corrected chi connectivity index (χ2v) is 7.71. The molecule has 2 aromatic carbocycles. The third-order valence-corrected chi connectivity index (χ3v) is 6.32. The summed E-state index contributed by atoms with van der Waals surface area (Å²) in [6.45, 7) is 5.30. The van der Waals surface area contributed by atoms with E-state index in [2.05, 4.69) is 0 Å². The number of aryl methyl sites for hydroxylation is 1. The summed E-state index contributed by atoms with van der Waals surface area (Å²) in [5.41, 5.74) is 2.75. The quantitative estimate of drug-likeness (QED) is 0.824. The lowest BCUT2D eigenvalue weighted by molar-refractivity contribution is 0.104. The van der Waals surface area contributed by atoms with Crippen LogP contribution < -0.4 is 5.30 Å². The van der Waals surface area contributed by atoms with Gasteiger partial charge in [-0.05, 0) is 49.6 Å². The normalized spacial score (nSPS) is 13.6. The molecule has 122 valence electrons. The van der Waals surface area contributed by atoms with E-state index >= 15 is 0 Å². The molecule has 0 saturated heterocycles. The van der Waals surface area contributed by atoms with E-state index < -0.39 is 12.9 Å². The van der Waals surface area contributed by atoms with Gasteiger partial charge in [0, 0.05) is 10.9 Å². The summed E-state index contributed by atoms with van der Waals surface area (Å²) in [7, 11) is -3.76. The summed E-state index contributed by atoms with van der Waals surface area (Å²) in [6, 6.07) is 12.0. The number of aliphatic hydroxyl groups excluding tert-OH is 1. The fourth-order valence-corrected chi connectivity index (χ4v) is 4.35. The van der Waals surface area contributed by atoms with Gasteiger partial charge < -0.3 is 9.63 Å². The van der Waals surface area contributed by atoms with Crippen molar-refractivity contribution in [2.75, 3.05) is 13.2 Å². The van der Waals surface area contributed by atoms with Gasteiger partial charge in [-0.2, -0.15) is 0 Å². The monoisotopic (exact) mass is 332 g/mol. The van der Waals surface area contributed by atoms with Crippen molar-refractivity contribution in [2.24, 2.45) is 0 Å². The number of carbonyl (C=O) groups is 1. The van der Waals surface area contributed by atoms with E-state index in [1.165, 1.54) is 0 Å². The zero-order valence-electron chi connectivity index (χ0n) is 13.6. The van der Waals surface area contributed by atoms with E-state index in [-0.39, 0.29) is 13.2 Å². The predicted molar refractivity (Wildman–Crippen MR) is 91.7 cm³/mol. The zero-order valence-corrected chi connectivity index (χ0v) is 14.5. The molecule has 2 rings (SSSR count). The van der Waals surface area contributed by atoms with Crippen LogP contribution in [0.15, 0.2) is 42.5 Å². The van der Waals surface area contributed by atoms with E-state index in [4.69, 9.17) is 9.63 Å². The van der Waals surface area contributed by atoms with Crippen LogP contribution in [-0.4, -0.2) is 23.8 Å². The minimum absolute atomic E-state index is 0.151. The van der Waals surface area contributed by atoms with Crippen molar-refractivity contribution in [3.8, 4) is 0 Å². The lowest BCUT2D eigenvalue weighted by atomic mass is 10.00. The zero-order chi connectivity index (χ0) is 17.0. The highest BCUT2D eigenvalue weighted by molar-refractivity contribution is 7.83. The number of aliphatic hydroxyl groups is 1. The van der Waals surface area contributed by atoms with Crippen molar-refractivity contribution >= 4 is 18.2 Å². The second kappa shape index (κ2) is 7.22. The molecular formula is C18H21O4P. The van der Waals surface area contributed by atoms with Crippen molar-refractivity contribution in [3.63, 3.8) is 0 Å². The maximum absolute atomic E-state index is 13.3. The van der Waals surface area contributed by atoms with Gasteiger partial charge in [0.05, 0.1) is 13.2 Å². The molecule has 23 heavy (non-hydrogen) atoms. The maximum Gasteiger partial charge on any atom is 0.300 e. The highest BCUT2D eigenvalue weighted by Gasteiger charge is 2.37. The summed E-state index contributed by atoms with van der Waals surface area (Å²) < 4.78 is 18.7. The molecule has 1 unspecified atom stereocenters. The fourth-order valence-electron chi connectivity index (χ4n) is 2.39. The van der Waals surface area contributed by atoms with Crippen LogP contribution in [0.2, 0.25) is 0 Å². The van der Waals surface area contributed by atoms with E-state index in [0.29, 0.717) is 10.9 Å². The smallest absolute Gasteiger partial charge is 0.300 e. The van der Waals surface area contributed by atoms with Gasteiger partial charge in [0.1, 0.15) is 0 Å². The Morgan fingerprint density at radius 2 is 1.70 bits per heavy atom. The Labute approximate surface area is 136 Å². The van der Waals surface area contributed by atoms with Crippen LogP contribution in [0.25, 0.3) is 0 Å². The molecule has 5 heteroatoms. The van der Waals surface area contributed by atoms with Crippen LogP contribution >= 0.6 is 7.37 Å². The van der Waals surface area contributed by atoms with Gasteiger partial charge in [-0.15, -0.1) is 0 Å². The van der Waals surface area contributed by atoms with Gasteiger partial charge in [-0.25, -0.2) is 0 Å². The Bertz CT molecular complexity index is 753. The number of carbonyl (C=O) groups excluding carboxylic acids is 1. The highest BCUT2D eigenvalue weighted by atomic mass is 31.2. The molecule has 0 aliphatic heterocycles. The summed E-state index contributed by atoms with van der Waals surface area (Å²) in [5, 5.41) is 9.35. The third kappa shape index (κ3) is 3.45. The standard InChI is InChI=1S/C18H21O4P/c1-13-9-10-17(15(3)14(13)2)18(20)23(21,22-12-11-19)16-7-5-4-6-8-16/h4-10,19H,11-12H2,1-3H3. The van der Waals surface area contributed by atoms with Crippen molar-refractivity contribution in [2.45, 2.75) is 20.8 Å². The van der Waals surface area contributed by atoms with Crippen LogP contribution in [0.4, 0.5) is 0 Å². The number of hydrogen-bond acceptors (Lipinski definition) is 4. The third-order valence-electron chi connectivity index (χ3n) is 4.02. The van der Waals surface area contributed by atoms with Crippen LogP contribution in [0, 0.1) is 20.8 Å². The number of benzene rings is 2. The first-order valence-corrected chi connectivity index (χ1v) is 9.07. The molecule has 0 fully saturated rings. The topological polar surface area (TPSA) is 63.6 Å². The van der Waals surface area contributed by atoms with Crippen molar-refractivity contribution in [1.82, 2.24) is 0 Å². The molecule has 0 aliphatic carbocycles. The average Bonchev–Trinajstić information content (AvgIpc) is 2.58. The first-order valence-electron chi connectivity index (χ1n) is 7.44. The summed E-state index contributed by atoms with van der Waals surface area (Å²) >= 11 is 0. The molecule has 0 aromatic heterocycles. The molecule has 1 N–H and O–H groups in total. The largest absolute Gasteiger partial charge is 0.394 e. The Morgan fingerprint density at radius 1 is 1.04 bits per heavy atom.